The summed E-state index contributed by atoms with van der Waals surface area (Å²) in [5, 5.41) is 9.98. The molecule has 0 bridgehead atoms. The molecule has 3 atom stereocenters. The second-order valence-corrected chi connectivity index (χ2v) is 7.68. The normalized spacial score (nSPS) is 25.9. The Morgan fingerprint density at radius 2 is 1.84 bits per heavy atom. The molecule has 1 N–H and O–H groups in total. The van der Waals surface area contributed by atoms with Crippen LogP contribution in [0.3, 0.4) is 0 Å². The van der Waals surface area contributed by atoms with Crippen molar-refractivity contribution in [2.75, 3.05) is 19.6 Å². The van der Waals surface area contributed by atoms with E-state index < -0.39 is 0 Å². The van der Waals surface area contributed by atoms with Gasteiger partial charge in [0.25, 0.3) is 0 Å². The van der Waals surface area contributed by atoms with E-state index in [4.69, 9.17) is 16.3 Å². The van der Waals surface area contributed by atoms with Gasteiger partial charge in [-0.1, -0.05) is 23.7 Å². The SMILES string of the molecule is Oc1ccc(CCN2C[C@H]3CC(Oc4cncc(Cl)c4)C[C@H]3C2)cc1. The van der Waals surface area contributed by atoms with Crippen LogP contribution in [0.1, 0.15) is 18.4 Å². The minimum atomic E-state index is 0.287. The largest absolute Gasteiger partial charge is 0.508 e. The quantitative estimate of drug-likeness (QED) is 0.883. The highest BCUT2D eigenvalue weighted by Gasteiger charge is 2.41. The van der Waals surface area contributed by atoms with E-state index >= 15 is 0 Å². The zero-order valence-electron chi connectivity index (χ0n) is 14.1. The van der Waals surface area contributed by atoms with Crippen LogP contribution in [-0.4, -0.2) is 40.7 Å². The molecule has 1 aromatic heterocycles. The van der Waals surface area contributed by atoms with E-state index in [1.807, 2.05) is 18.2 Å². The van der Waals surface area contributed by atoms with Gasteiger partial charge in [0.1, 0.15) is 11.5 Å². The number of aromatic nitrogens is 1. The van der Waals surface area contributed by atoms with Gasteiger partial charge in [0.2, 0.25) is 0 Å². The molecule has 0 radical (unpaired) electrons. The van der Waals surface area contributed by atoms with Crippen LogP contribution in [0.2, 0.25) is 5.02 Å². The van der Waals surface area contributed by atoms with Crippen molar-refractivity contribution >= 4 is 11.6 Å². The van der Waals surface area contributed by atoms with Crippen molar-refractivity contribution in [3.05, 3.63) is 53.3 Å². The Morgan fingerprint density at radius 3 is 2.52 bits per heavy atom. The number of benzene rings is 1. The van der Waals surface area contributed by atoms with Crippen molar-refractivity contribution in [2.45, 2.75) is 25.4 Å². The third-order valence-electron chi connectivity index (χ3n) is 5.42. The summed E-state index contributed by atoms with van der Waals surface area (Å²) in [4.78, 5) is 6.66. The number of nitrogens with zero attached hydrogens (tertiary/aromatic N) is 2. The van der Waals surface area contributed by atoms with Gasteiger partial charge in [-0.25, -0.2) is 0 Å². The zero-order valence-corrected chi connectivity index (χ0v) is 14.9. The molecular formula is C20H23ClN2O2. The van der Waals surface area contributed by atoms with E-state index in [1.54, 1.807) is 24.5 Å². The molecule has 2 fully saturated rings. The number of fused-ring (bicyclic) bond motifs is 1. The summed E-state index contributed by atoms with van der Waals surface area (Å²) < 4.78 is 6.08. The van der Waals surface area contributed by atoms with Crippen LogP contribution < -0.4 is 4.74 Å². The van der Waals surface area contributed by atoms with Crippen LogP contribution in [0.15, 0.2) is 42.7 Å². The molecule has 1 saturated carbocycles. The molecule has 2 aliphatic rings. The number of aromatic hydroxyl groups is 1. The number of likely N-dealkylation sites (tertiary alicyclic amines) is 1. The third-order valence-corrected chi connectivity index (χ3v) is 5.63. The first kappa shape index (κ1) is 16.7. The van der Waals surface area contributed by atoms with Crippen molar-refractivity contribution in [3.8, 4) is 11.5 Å². The Hall–Kier alpha value is -1.78. The zero-order chi connectivity index (χ0) is 17.2. The fraction of sp³-hybridized carbons (Fsp3) is 0.450. The minimum absolute atomic E-state index is 0.287. The van der Waals surface area contributed by atoms with Crippen molar-refractivity contribution in [1.82, 2.24) is 9.88 Å². The standard InChI is InChI=1S/C20H23ClN2O2/c21-17-9-20(11-22-10-17)25-19-7-15-12-23(13-16(15)8-19)6-5-14-1-3-18(24)4-2-14/h1-4,9-11,15-16,19,24H,5-8,12-13H2/t15-,16+,19?. The molecule has 2 heterocycles. The summed E-state index contributed by atoms with van der Waals surface area (Å²) in [6.07, 6.45) is 6.93. The van der Waals surface area contributed by atoms with Gasteiger partial charge in [-0.3, -0.25) is 4.98 Å². The maximum Gasteiger partial charge on any atom is 0.139 e. The second kappa shape index (κ2) is 7.22. The van der Waals surface area contributed by atoms with E-state index in [9.17, 15) is 5.11 Å². The number of phenolic OH excluding ortho intramolecular Hbond substituents is 1. The summed E-state index contributed by atoms with van der Waals surface area (Å²) in [6, 6.07) is 9.39. The molecule has 4 rings (SSSR count). The maximum absolute atomic E-state index is 9.36. The number of phenols is 1. The lowest BCUT2D eigenvalue weighted by molar-refractivity contribution is 0.185. The van der Waals surface area contributed by atoms with E-state index in [0.717, 1.165) is 56.5 Å². The van der Waals surface area contributed by atoms with Gasteiger partial charge in [0, 0.05) is 31.9 Å². The van der Waals surface area contributed by atoms with Crippen LogP contribution in [0.25, 0.3) is 0 Å². The molecule has 132 valence electrons. The van der Waals surface area contributed by atoms with E-state index in [2.05, 4.69) is 9.88 Å². The highest BCUT2D eigenvalue weighted by Crippen LogP contribution is 2.39. The molecule has 25 heavy (non-hydrogen) atoms. The number of rotatable bonds is 5. The molecule has 1 unspecified atom stereocenters. The van der Waals surface area contributed by atoms with Crippen LogP contribution in [0.4, 0.5) is 0 Å². The Balaban J connectivity index is 1.25. The first-order valence-electron chi connectivity index (χ1n) is 8.93. The molecule has 5 heteroatoms. The second-order valence-electron chi connectivity index (χ2n) is 7.25. The van der Waals surface area contributed by atoms with Crippen LogP contribution in [0.5, 0.6) is 11.5 Å². The first-order chi connectivity index (χ1) is 12.2. The predicted octanol–water partition coefficient (Wildman–Crippen LogP) is 3.77. The fourth-order valence-electron chi connectivity index (χ4n) is 4.22. The summed E-state index contributed by atoms with van der Waals surface area (Å²) in [7, 11) is 0. The number of ether oxygens (including phenoxy) is 1. The molecule has 0 spiro atoms. The lowest BCUT2D eigenvalue weighted by atomic mass is 10.0. The molecule has 1 aliphatic heterocycles. The van der Waals surface area contributed by atoms with Crippen molar-refractivity contribution in [3.63, 3.8) is 0 Å². The van der Waals surface area contributed by atoms with Gasteiger partial charge in [0.15, 0.2) is 0 Å². The van der Waals surface area contributed by atoms with Crippen molar-refractivity contribution < 1.29 is 9.84 Å². The van der Waals surface area contributed by atoms with Gasteiger partial charge in [-0.2, -0.15) is 0 Å². The van der Waals surface area contributed by atoms with Crippen LogP contribution >= 0.6 is 11.6 Å². The molecular weight excluding hydrogens is 336 g/mol. The summed E-state index contributed by atoms with van der Waals surface area (Å²) in [5.41, 5.74) is 1.28. The summed E-state index contributed by atoms with van der Waals surface area (Å²) in [5.74, 6) is 2.58. The molecule has 4 nitrogen and oxygen atoms in total. The number of halogens is 1. The Bertz CT molecular complexity index is 708. The van der Waals surface area contributed by atoms with Gasteiger partial charge in [0.05, 0.1) is 17.3 Å². The molecule has 1 aliphatic carbocycles. The minimum Gasteiger partial charge on any atom is -0.508 e. The topological polar surface area (TPSA) is 45.6 Å². The van der Waals surface area contributed by atoms with Crippen molar-refractivity contribution in [1.29, 1.82) is 0 Å². The number of pyridine rings is 1. The molecule has 1 aromatic carbocycles. The predicted molar refractivity (Wildman–Crippen MR) is 98.1 cm³/mol. The van der Waals surface area contributed by atoms with Crippen LogP contribution in [0, 0.1) is 11.8 Å². The lowest BCUT2D eigenvalue weighted by Crippen LogP contribution is -2.26. The molecule has 2 aromatic rings. The van der Waals surface area contributed by atoms with Gasteiger partial charge in [-0.15, -0.1) is 0 Å². The molecule has 1 saturated heterocycles. The fourth-order valence-corrected chi connectivity index (χ4v) is 4.38. The summed E-state index contributed by atoms with van der Waals surface area (Å²) >= 11 is 5.98. The van der Waals surface area contributed by atoms with Crippen LogP contribution in [-0.2, 0) is 6.42 Å². The Kier molecular flexibility index (Phi) is 4.82. The van der Waals surface area contributed by atoms with Gasteiger partial charge >= 0.3 is 0 Å². The van der Waals surface area contributed by atoms with Crippen molar-refractivity contribution in [2.24, 2.45) is 11.8 Å². The highest BCUT2D eigenvalue weighted by atomic mass is 35.5. The third kappa shape index (κ3) is 4.07. The van der Waals surface area contributed by atoms with Gasteiger partial charge < -0.3 is 14.7 Å². The number of hydrogen-bond donors (Lipinski definition) is 1. The monoisotopic (exact) mass is 358 g/mol. The smallest absolute Gasteiger partial charge is 0.139 e. The maximum atomic E-state index is 9.36. The lowest BCUT2D eigenvalue weighted by Gasteiger charge is -2.19. The highest BCUT2D eigenvalue weighted by molar-refractivity contribution is 6.30. The van der Waals surface area contributed by atoms with E-state index in [0.29, 0.717) is 10.8 Å². The van der Waals surface area contributed by atoms with E-state index in [1.165, 1.54) is 5.56 Å². The first-order valence-corrected chi connectivity index (χ1v) is 9.31. The average molecular weight is 359 g/mol. The summed E-state index contributed by atoms with van der Waals surface area (Å²) in [6.45, 7) is 3.41. The Labute approximate surface area is 153 Å². The van der Waals surface area contributed by atoms with Gasteiger partial charge in [-0.05, 0) is 48.8 Å². The Morgan fingerprint density at radius 1 is 1.12 bits per heavy atom. The molecule has 0 amide bonds. The average Bonchev–Trinajstić information content (AvgIpc) is 3.12. The van der Waals surface area contributed by atoms with E-state index in [-0.39, 0.29) is 6.10 Å². The number of hydrogen-bond acceptors (Lipinski definition) is 4.